The Labute approximate surface area is 199 Å². The van der Waals surface area contributed by atoms with Gasteiger partial charge in [0.05, 0.1) is 0 Å². The summed E-state index contributed by atoms with van der Waals surface area (Å²) in [7, 11) is 0. The Hall–Kier alpha value is -3.35. The first-order valence-electron chi connectivity index (χ1n) is 11.8. The highest BCUT2D eigenvalue weighted by molar-refractivity contribution is 5.87. The average Bonchev–Trinajstić information content (AvgIpc) is 3.50. The van der Waals surface area contributed by atoms with Crippen LogP contribution in [0.2, 0.25) is 0 Å². The standard InChI is InChI=1S/C27H32N2O5/c1-27(2,3)13-23(25(31)32)29-24(30)21-12-16(21)14-28-26(33)34-15-22-19-10-6-4-8-17(19)18-9-5-7-11-20(18)22/h4-11,16,21-23H,12-15H2,1-3H3,(H,28,33)(H,29,30)(H,31,32)/t16-,21-,23?/m1/s1. The molecular formula is C27H32N2O5. The van der Waals surface area contributed by atoms with Crippen LogP contribution in [0.3, 0.4) is 0 Å². The molecule has 1 saturated carbocycles. The predicted octanol–water partition coefficient (Wildman–Crippen LogP) is 4.17. The second-order valence-electron chi connectivity index (χ2n) is 10.5. The number of rotatable bonds is 8. The van der Waals surface area contributed by atoms with Gasteiger partial charge in [-0.05, 0) is 46.4 Å². The normalized spacial score (nSPS) is 19.5. The summed E-state index contributed by atoms with van der Waals surface area (Å²) in [6.07, 6.45) is 0.463. The van der Waals surface area contributed by atoms with E-state index in [2.05, 4.69) is 34.9 Å². The molecule has 7 heteroatoms. The molecule has 180 valence electrons. The number of carboxylic acid groups (broad SMARTS) is 1. The Balaban J connectivity index is 1.24. The molecule has 0 spiro atoms. The maximum Gasteiger partial charge on any atom is 0.407 e. The first kappa shape index (κ1) is 23.8. The minimum atomic E-state index is -1.03. The van der Waals surface area contributed by atoms with Crippen LogP contribution in [0.4, 0.5) is 4.79 Å². The van der Waals surface area contributed by atoms with E-state index in [1.54, 1.807) is 0 Å². The lowest BCUT2D eigenvalue weighted by Crippen LogP contribution is -2.44. The van der Waals surface area contributed by atoms with Crippen LogP contribution in [-0.2, 0) is 14.3 Å². The molecule has 0 aliphatic heterocycles. The Morgan fingerprint density at radius 3 is 2.18 bits per heavy atom. The molecule has 0 aromatic heterocycles. The first-order chi connectivity index (χ1) is 16.1. The predicted molar refractivity (Wildman–Crippen MR) is 128 cm³/mol. The van der Waals surface area contributed by atoms with Gasteiger partial charge in [-0.15, -0.1) is 0 Å². The SMILES string of the molecule is CC(C)(C)CC(NC(=O)[C@@H]1C[C@@H]1CNC(=O)OCC1c2ccccc2-c2ccccc21)C(=O)O. The van der Waals surface area contributed by atoms with E-state index in [0.29, 0.717) is 19.4 Å². The van der Waals surface area contributed by atoms with Gasteiger partial charge in [0.1, 0.15) is 12.6 Å². The fourth-order valence-electron chi connectivity index (χ4n) is 4.75. The van der Waals surface area contributed by atoms with E-state index in [1.807, 2.05) is 45.0 Å². The molecule has 2 aliphatic rings. The minimum absolute atomic E-state index is 0.00614. The molecule has 0 heterocycles. The maximum atomic E-state index is 12.5. The summed E-state index contributed by atoms with van der Waals surface area (Å²) in [5.41, 5.74) is 4.43. The first-order valence-corrected chi connectivity index (χ1v) is 11.8. The van der Waals surface area contributed by atoms with Crippen LogP contribution in [-0.4, -0.2) is 42.3 Å². The fraction of sp³-hybridized carbons (Fsp3) is 0.444. The van der Waals surface area contributed by atoms with Gasteiger partial charge >= 0.3 is 12.1 Å². The number of aliphatic carboxylic acids is 1. The molecule has 1 unspecified atom stereocenters. The van der Waals surface area contributed by atoms with Gasteiger partial charge in [-0.1, -0.05) is 69.3 Å². The van der Waals surface area contributed by atoms with Crippen LogP contribution < -0.4 is 10.6 Å². The molecule has 2 amide bonds. The van der Waals surface area contributed by atoms with E-state index < -0.39 is 18.1 Å². The molecule has 2 aromatic rings. The van der Waals surface area contributed by atoms with E-state index in [1.165, 1.54) is 11.1 Å². The van der Waals surface area contributed by atoms with Crippen LogP contribution in [0, 0.1) is 17.3 Å². The third-order valence-electron chi connectivity index (χ3n) is 6.54. The van der Waals surface area contributed by atoms with E-state index in [9.17, 15) is 19.5 Å². The largest absolute Gasteiger partial charge is 0.480 e. The van der Waals surface area contributed by atoms with Gasteiger partial charge in [0.2, 0.25) is 5.91 Å². The summed E-state index contributed by atoms with van der Waals surface area (Å²) in [6.45, 7) is 6.38. The van der Waals surface area contributed by atoms with Crippen LogP contribution in [0.25, 0.3) is 11.1 Å². The zero-order chi connectivity index (χ0) is 24.5. The third kappa shape index (κ3) is 5.41. The van der Waals surface area contributed by atoms with Gasteiger partial charge in [-0.2, -0.15) is 0 Å². The van der Waals surface area contributed by atoms with Crippen LogP contribution in [0.15, 0.2) is 48.5 Å². The van der Waals surface area contributed by atoms with Crippen LogP contribution >= 0.6 is 0 Å². The molecule has 34 heavy (non-hydrogen) atoms. The summed E-state index contributed by atoms with van der Waals surface area (Å²) in [5.74, 6) is -1.60. The lowest BCUT2D eigenvalue weighted by Gasteiger charge is -2.24. The van der Waals surface area contributed by atoms with E-state index in [0.717, 1.165) is 11.1 Å². The van der Waals surface area contributed by atoms with Gasteiger partial charge in [-0.3, -0.25) is 4.79 Å². The number of alkyl carbamates (subject to hydrolysis) is 1. The highest BCUT2D eigenvalue weighted by Gasteiger charge is 2.44. The molecule has 4 rings (SSSR count). The molecule has 0 radical (unpaired) electrons. The van der Waals surface area contributed by atoms with Crippen molar-refractivity contribution in [2.45, 2.75) is 45.6 Å². The smallest absolute Gasteiger partial charge is 0.407 e. The molecule has 0 saturated heterocycles. The number of benzene rings is 2. The molecule has 2 aromatic carbocycles. The number of hydrogen-bond acceptors (Lipinski definition) is 4. The molecule has 3 N–H and O–H groups in total. The summed E-state index contributed by atoms with van der Waals surface area (Å²) < 4.78 is 5.54. The third-order valence-corrected chi connectivity index (χ3v) is 6.54. The van der Waals surface area contributed by atoms with Gasteiger partial charge in [-0.25, -0.2) is 9.59 Å². The van der Waals surface area contributed by atoms with Crippen LogP contribution in [0.1, 0.15) is 50.7 Å². The number of amides is 2. The minimum Gasteiger partial charge on any atom is -0.480 e. The number of carbonyl (C=O) groups excluding carboxylic acids is 2. The van der Waals surface area contributed by atoms with Crippen molar-refractivity contribution >= 4 is 18.0 Å². The fourth-order valence-corrected chi connectivity index (χ4v) is 4.75. The van der Waals surface area contributed by atoms with Crippen LogP contribution in [0.5, 0.6) is 0 Å². The van der Waals surface area contributed by atoms with Gasteiger partial charge in [0.15, 0.2) is 0 Å². The molecule has 0 bridgehead atoms. The summed E-state index contributed by atoms with van der Waals surface area (Å²) in [5, 5.41) is 14.8. The Bertz CT molecular complexity index is 1040. The van der Waals surface area contributed by atoms with Crippen molar-refractivity contribution in [2.75, 3.05) is 13.2 Å². The highest BCUT2D eigenvalue weighted by Crippen LogP contribution is 2.44. The Morgan fingerprint density at radius 2 is 1.62 bits per heavy atom. The zero-order valence-corrected chi connectivity index (χ0v) is 19.8. The van der Waals surface area contributed by atoms with E-state index in [4.69, 9.17) is 4.74 Å². The monoisotopic (exact) mass is 464 g/mol. The van der Waals surface area contributed by atoms with E-state index in [-0.39, 0.29) is 35.7 Å². The number of nitrogens with one attached hydrogen (secondary N) is 2. The van der Waals surface area contributed by atoms with Gasteiger partial charge in [0, 0.05) is 18.4 Å². The van der Waals surface area contributed by atoms with Gasteiger partial charge < -0.3 is 20.5 Å². The second kappa shape index (κ2) is 9.49. The van der Waals surface area contributed by atoms with Crippen molar-refractivity contribution in [2.24, 2.45) is 17.3 Å². The Kier molecular flexibility index (Phi) is 6.64. The number of ether oxygens (including phenoxy) is 1. The van der Waals surface area contributed by atoms with Crippen molar-refractivity contribution in [3.05, 3.63) is 59.7 Å². The van der Waals surface area contributed by atoms with Crippen molar-refractivity contribution in [3.8, 4) is 11.1 Å². The number of fused-ring (bicyclic) bond motifs is 3. The number of carboxylic acids is 1. The zero-order valence-electron chi connectivity index (χ0n) is 19.8. The molecule has 3 atom stereocenters. The lowest BCUT2D eigenvalue weighted by atomic mass is 9.88. The number of carbonyl (C=O) groups is 3. The average molecular weight is 465 g/mol. The van der Waals surface area contributed by atoms with E-state index >= 15 is 0 Å². The van der Waals surface area contributed by atoms with Gasteiger partial charge in [0.25, 0.3) is 0 Å². The molecule has 2 aliphatic carbocycles. The number of hydrogen-bond donors (Lipinski definition) is 3. The summed E-state index contributed by atoms with van der Waals surface area (Å²) >= 11 is 0. The maximum absolute atomic E-state index is 12.5. The topological polar surface area (TPSA) is 105 Å². The lowest BCUT2D eigenvalue weighted by molar-refractivity contribution is -0.142. The van der Waals surface area contributed by atoms with Crippen molar-refractivity contribution in [1.29, 1.82) is 0 Å². The Morgan fingerprint density at radius 1 is 1.03 bits per heavy atom. The van der Waals surface area contributed by atoms with Crippen molar-refractivity contribution in [3.63, 3.8) is 0 Å². The molecule has 1 fully saturated rings. The molecular weight excluding hydrogens is 432 g/mol. The quantitative estimate of drug-likeness (QED) is 0.544. The highest BCUT2D eigenvalue weighted by atomic mass is 16.5. The molecule has 7 nitrogen and oxygen atoms in total. The summed E-state index contributed by atoms with van der Waals surface area (Å²) in [4.78, 5) is 36.3. The van der Waals surface area contributed by atoms with Crippen molar-refractivity contribution < 1.29 is 24.2 Å². The second-order valence-corrected chi connectivity index (χ2v) is 10.5. The van der Waals surface area contributed by atoms with Crippen molar-refractivity contribution in [1.82, 2.24) is 10.6 Å². The summed E-state index contributed by atoms with van der Waals surface area (Å²) in [6, 6.07) is 15.4.